The van der Waals surface area contributed by atoms with E-state index in [9.17, 15) is 8.42 Å². The van der Waals surface area contributed by atoms with Crippen LogP contribution in [-0.2, 0) is 9.84 Å². The van der Waals surface area contributed by atoms with E-state index >= 15 is 0 Å². The second-order valence-electron chi connectivity index (χ2n) is 8.91. The van der Waals surface area contributed by atoms with Gasteiger partial charge in [0.25, 0.3) is 0 Å². The number of aromatic nitrogens is 1. The van der Waals surface area contributed by atoms with Crippen LogP contribution in [0.25, 0.3) is 10.9 Å². The molecule has 1 aromatic heterocycles. The lowest BCUT2D eigenvalue weighted by atomic mass is 10.2. The fourth-order valence-electron chi connectivity index (χ4n) is 4.74. The molecule has 1 aliphatic carbocycles. The van der Waals surface area contributed by atoms with E-state index in [4.69, 9.17) is 16.6 Å². The Morgan fingerprint density at radius 3 is 2.74 bits per heavy atom. The number of fused-ring (bicyclic) bond motifs is 1. The molecule has 3 heterocycles. The van der Waals surface area contributed by atoms with Gasteiger partial charge in [-0.1, -0.05) is 24.4 Å². The molecule has 168 valence electrons. The molecule has 6 nitrogen and oxygen atoms in total. The largest absolute Gasteiger partial charge is 0.381 e. The minimum atomic E-state index is -2.82. The van der Waals surface area contributed by atoms with Gasteiger partial charge in [-0.15, -0.1) is 11.8 Å². The summed E-state index contributed by atoms with van der Waals surface area (Å²) in [5.74, 6) is 1.55. The van der Waals surface area contributed by atoms with Crippen LogP contribution in [0.5, 0.6) is 0 Å². The first kappa shape index (κ1) is 21.6. The second kappa shape index (κ2) is 8.96. The number of halogens is 1. The molecule has 0 bridgehead atoms. The predicted molar refractivity (Wildman–Crippen MR) is 132 cm³/mol. The van der Waals surface area contributed by atoms with Crippen LogP contribution >= 0.6 is 23.4 Å². The SMILES string of the molecule is O=S1(=O)CCN(CC[C@@H]2CSC(c3cc4cc(Cl)cc(NC5CCCC5)c4[nH]3)=N2)CC1. The molecular weight excluding hydrogens is 452 g/mol. The van der Waals surface area contributed by atoms with Gasteiger partial charge in [0.2, 0.25) is 0 Å². The Kier molecular flexibility index (Phi) is 6.25. The molecular formula is C22H29ClN4O2S2. The van der Waals surface area contributed by atoms with Gasteiger partial charge in [0, 0.05) is 41.8 Å². The van der Waals surface area contributed by atoms with E-state index in [1.807, 2.05) is 12.1 Å². The zero-order valence-electron chi connectivity index (χ0n) is 17.6. The van der Waals surface area contributed by atoms with Crippen LogP contribution in [0.4, 0.5) is 5.69 Å². The number of nitrogens with zero attached hydrogens (tertiary/aromatic N) is 2. The van der Waals surface area contributed by atoms with E-state index < -0.39 is 9.84 Å². The van der Waals surface area contributed by atoms with Gasteiger partial charge in [0.15, 0.2) is 9.84 Å². The first-order chi connectivity index (χ1) is 14.9. The fraction of sp³-hybridized carbons (Fsp3) is 0.591. The lowest BCUT2D eigenvalue weighted by Crippen LogP contribution is -2.41. The lowest BCUT2D eigenvalue weighted by Gasteiger charge is -2.26. The van der Waals surface area contributed by atoms with Gasteiger partial charge in [-0.3, -0.25) is 4.99 Å². The maximum Gasteiger partial charge on any atom is 0.152 e. The van der Waals surface area contributed by atoms with E-state index in [1.165, 1.54) is 25.7 Å². The predicted octanol–water partition coefficient (Wildman–Crippen LogP) is 4.16. The Bertz CT molecular complexity index is 1080. The fourth-order valence-corrected chi connectivity index (χ4v) is 7.33. The smallest absolute Gasteiger partial charge is 0.152 e. The number of aromatic amines is 1. The summed E-state index contributed by atoms with van der Waals surface area (Å²) in [7, 11) is -2.82. The molecule has 9 heteroatoms. The Balaban J connectivity index is 1.27. The normalized spacial score (nSPS) is 24.7. The van der Waals surface area contributed by atoms with Crippen molar-refractivity contribution in [3.8, 4) is 0 Å². The highest BCUT2D eigenvalue weighted by Crippen LogP contribution is 2.33. The molecule has 1 saturated heterocycles. The molecule has 1 atom stereocenters. The summed E-state index contributed by atoms with van der Waals surface area (Å²) in [6, 6.07) is 7.00. The van der Waals surface area contributed by atoms with Gasteiger partial charge >= 0.3 is 0 Å². The van der Waals surface area contributed by atoms with Crippen molar-refractivity contribution in [3.63, 3.8) is 0 Å². The van der Waals surface area contributed by atoms with E-state index in [2.05, 4.69) is 21.3 Å². The van der Waals surface area contributed by atoms with Crippen molar-refractivity contribution in [1.82, 2.24) is 9.88 Å². The molecule has 0 amide bonds. The standard InChI is InChI=1S/C22H29ClN4O2S2/c23-16-11-15-12-20(26-21(15)19(13-16)24-17-3-1-2-4-17)22-25-18(14-30-22)5-6-27-7-9-31(28,29)10-8-27/h11-13,17-18,24,26H,1-10,14H2/t18-/m1/s1. The summed E-state index contributed by atoms with van der Waals surface area (Å²) in [6.07, 6.45) is 5.99. The van der Waals surface area contributed by atoms with E-state index in [0.29, 0.717) is 19.1 Å². The summed E-state index contributed by atoms with van der Waals surface area (Å²) in [5.41, 5.74) is 3.25. The van der Waals surface area contributed by atoms with Crippen LogP contribution < -0.4 is 5.32 Å². The van der Waals surface area contributed by atoms with Gasteiger partial charge in [0.1, 0.15) is 5.04 Å². The van der Waals surface area contributed by atoms with Crippen LogP contribution in [-0.4, -0.2) is 72.3 Å². The molecule has 2 aliphatic heterocycles. The van der Waals surface area contributed by atoms with Crippen LogP contribution in [0.2, 0.25) is 5.02 Å². The van der Waals surface area contributed by atoms with E-state index in [0.717, 1.165) is 51.1 Å². The van der Waals surface area contributed by atoms with Gasteiger partial charge in [-0.25, -0.2) is 8.42 Å². The third-order valence-corrected chi connectivity index (χ3v) is 9.54. The van der Waals surface area contributed by atoms with Crippen molar-refractivity contribution in [2.45, 2.75) is 44.2 Å². The van der Waals surface area contributed by atoms with Crippen molar-refractivity contribution in [1.29, 1.82) is 0 Å². The van der Waals surface area contributed by atoms with Gasteiger partial charge < -0.3 is 15.2 Å². The van der Waals surface area contributed by atoms with Crippen molar-refractivity contribution in [3.05, 3.63) is 28.9 Å². The summed E-state index contributed by atoms with van der Waals surface area (Å²) in [4.78, 5) is 10.8. The maximum atomic E-state index is 11.6. The molecule has 31 heavy (non-hydrogen) atoms. The van der Waals surface area contributed by atoms with E-state index in [-0.39, 0.29) is 17.5 Å². The van der Waals surface area contributed by atoms with Gasteiger partial charge in [-0.05, 0) is 37.5 Å². The number of rotatable bonds is 6. The minimum absolute atomic E-state index is 0.282. The molecule has 0 unspecified atom stereocenters. The Hall–Kier alpha value is -1.22. The quantitative estimate of drug-likeness (QED) is 0.649. The maximum absolute atomic E-state index is 11.6. The summed E-state index contributed by atoms with van der Waals surface area (Å²) < 4.78 is 23.2. The molecule has 2 aromatic rings. The molecule has 2 fully saturated rings. The van der Waals surface area contributed by atoms with Crippen LogP contribution in [0.3, 0.4) is 0 Å². The third-order valence-electron chi connectivity index (χ3n) is 6.57. The first-order valence-corrected chi connectivity index (χ1v) is 14.4. The van der Waals surface area contributed by atoms with Gasteiger partial charge in [0.05, 0.1) is 34.4 Å². The Morgan fingerprint density at radius 1 is 1.19 bits per heavy atom. The molecule has 5 rings (SSSR count). The zero-order chi connectivity index (χ0) is 21.4. The monoisotopic (exact) mass is 480 g/mol. The first-order valence-electron chi connectivity index (χ1n) is 11.2. The topological polar surface area (TPSA) is 77.6 Å². The number of benzene rings is 1. The number of aliphatic imine (C=N–C) groups is 1. The number of nitrogens with one attached hydrogen (secondary N) is 2. The highest BCUT2D eigenvalue weighted by molar-refractivity contribution is 8.14. The zero-order valence-corrected chi connectivity index (χ0v) is 20.0. The Morgan fingerprint density at radius 2 is 1.97 bits per heavy atom. The molecule has 1 saturated carbocycles. The highest BCUT2D eigenvalue weighted by atomic mass is 35.5. The van der Waals surface area contributed by atoms with Gasteiger partial charge in [-0.2, -0.15) is 0 Å². The number of H-pyrrole nitrogens is 1. The average molecular weight is 481 g/mol. The van der Waals surface area contributed by atoms with Crippen LogP contribution in [0, 0.1) is 0 Å². The molecule has 3 aliphatic rings. The molecule has 0 radical (unpaired) electrons. The summed E-state index contributed by atoms with van der Waals surface area (Å²) in [6.45, 7) is 2.21. The molecule has 0 spiro atoms. The second-order valence-corrected chi connectivity index (χ2v) is 12.7. The van der Waals surface area contributed by atoms with Crippen molar-refractivity contribution < 1.29 is 8.42 Å². The van der Waals surface area contributed by atoms with Crippen LogP contribution in [0.15, 0.2) is 23.2 Å². The molecule has 2 N–H and O–H groups in total. The number of thioether (sulfide) groups is 1. The Labute approximate surface area is 193 Å². The summed E-state index contributed by atoms with van der Waals surface area (Å²) in [5, 5.41) is 6.62. The molecule has 1 aromatic carbocycles. The van der Waals surface area contributed by atoms with Crippen molar-refractivity contribution >= 4 is 54.8 Å². The number of hydrogen-bond donors (Lipinski definition) is 2. The highest BCUT2D eigenvalue weighted by Gasteiger charge is 2.25. The summed E-state index contributed by atoms with van der Waals surface area (Å²) >= 11 is 8.20. The number of sulfone groups is 1. The van der Waals surface area contributed by atoms with E-state index in [1.54, 1.807) is 11.8 Å². The lowest BCUT2D eigenvalue weighted by molar-refractivity contribution is 0.286. The third kappa shape index (κ3) is 5.07. The van der Waals surface area contributed by atoms with Crippen LogP contribution in [0.1, 0.15) is 37.8 Å². The number of hydrogen-bond acceptors (Lipinski definition) is 6. The van der Waals surface area contributed by atoms with Crippen molar-refractivity contribution in [2.24, 2.45) is 4.99 Å². The van der Waals surface area contributed by atoms with Crippen molar-refractivity contribution in [2.75, 3.05) is 42.2 Å². The number of anilines is 1. The average Bonchev–Trinajstić information content (AvgIpc) is 3.47. The minimum Gasteiger partial charge on any atom is -0.381 e.